The van der Waals surface area contributed by atoms with Crippen molar-refractivity contribution in [2.45, 2.75) is 26.9 Å². The summed E-state index contributed by atoms with van der Waals surface area (Å²) in [5, 5.41) is 1.97. The number of benzene rings is 2. The van der Waals surface area contributed by atoms with Crippen molar-refractivity contribution in [3.05, 3.63) is 68.9 Å². The molecule has 2 aromatic carbocycles. The number of fused-ring (bicyclic) bond motifs is 1. The highest BCUT2D eigenvalue weighted by atomic mass is 35.5. The van der Waals surface area contributed by atoms with Crippen molar-refractivity contribution in [2.75, 3.05) is 0 Å². The first-order valence-corrected chi connectivity index (χ1v) is 8.26. The highest BCUT2D eigenvalue weighted by Crippen LogP contribution is 2.26. The van der Waals surface area contributed by atoms with Gasteiger partial charge in [0.2, 0.25) is 0 Å². The van der Waals surface area contributed by atoms with E-state index in [1.807, 2.05) is 26.0 Å². The maximum atomic E-state index is 12.1. The van der Waals surface area contributed by atoms with Gasteiger partial charge in [-0.3, -0.25) is 4.79 Å². The summed E-state index contributed by atoms with van der Waals surface area (Å²) in [6.45, 7) is 4.18. The molecule has 0 radical (unpaired) electrons. The number of ether oxygens (including phenoxy) is 1. The molecule has 0 N–H and O–H groups in total. The van der Waals surface area contributed by atoms with Gasteiger partial charge in [-0.1, -0.05) is 29.3 Å². The highest BCUT2D eigenvalue weighted by Gasteiger charge is 2.13. The number of hydrogen-bond acceptors (Lipinski definition) is 3. The molecule has 24 heavy (non-hydrogen) atoms. The predicted octanol–water partition coefficient (Wildman–Crippen LogP) is 5.64. The fraction of sp³-hybridized carbons (Fsp3) is 0.211. The molecule has 0 saturated heterocycles. The molecule has 0 aliphatic rings. The van der Waals surface area contributed by atoms with Crippen LogP contribution in [0.2, 0.25) is 10.0 Å². The molecule has 0 amide bonds. The molecule has 0 aliphatic carbocycles. The Kier molecular flexibility index (Phi) is 4.83. The molecule has 0 saturated carbocycles. The fourth-order valence-electron chi connectivity index (χ4n) is 2.48. The molecule has 0 spiro atoms. The summed E-state index contributed by atoms with van der Waals surface area (Å²) in [5.74, 6) is -0.332. The Morgan fingerprint density at radius 3 is 2.58 bits per heavy atom. The molecule has 0 fully saturated rings. The second-order valence-electron chi connectivity index (χ2n) is 5.77. The van der Waals surface area contributed by atoms with Gasteiger partial charge in [0.25, 0.3) is 0 Å². The monoisotopic (exact) mass is 362 g/mol. The minimum Gasteiger partial charge on any atom is -0.464 e. The summed E-state index contributed by atoms with van der Waals surface area (Å²) in [4.78, 5) is 12.1. The molecule has 1 heterocycles. The number of hydrogen-bond donors (Lipinski definition) is 0. The molecule has 3 nitrogen and oxygen atoms in total. The third kappa shape index (κ3) is 3.58. The fourth-order valence-corrected chi connectivity index (χ4v) is 2.94. The average molecular weight is 363 g/mol. The maximum absolute atomic E-state index is 12.1. The van der Waals surface area contributed by atoms with Crippen LogP contribution in [0, 0.1) is 13.8 Å². The van der Waals surface area contributed by atoms with Crippen molar-refractivity contribution in [3.8, 4) is 0 Å². The van der Waals surface area contributed by atoms with E-state index in [-0.39, 0.29) is 19.0 Å². The zero-order valence-corrected chi connectivity index (χ0v) is 14.9. The lowest BCUT2D eigenvalue weighted by Gasteiger charge is -2.07. The van der Waals surface area contributed by atoms with Crippen molar-refractivity contribution in [1.29, 1.82) is 0 Å². The van der Waals surface area contributed by atoms with Crippen molar-refractivity contribution in [2.24, 2.45) is 0 Å². The van der Waals surface area contributed by atoms with Crippen LogP contribution in [0.4, 0.5) is 0 Å². The van der Waals surface area contributed by atoms with E-state index >= 15 is 0 Å². The number of halogens is 2. The first kappa shape index (κ1) is 16.9. The van der Waals surface area contributed by atoms with Gasteiger partial charge in [-0.05, 0) is 49.2 Å². The summed E-state index contributed by atoms with van der Waals surface area (Å²) in [6.07, 6.45) is 1.76. The summed E-state index contributed by atoms with van der Waals surface area (Å²) in [7, 11) is 0. The van der Waals surface area contributed by atoms with E-state index in [1.54, 1.807) is 24.5 Å². The minimum atomic E-state index is -0.332. The van der Waals surface area contributed by atoms with Crippen LogP contribution in [0.1, 0.15) is 22.3 Å². The maximum Gasteiger partial charge on any atom is 0.310 e. The van der Waals surface area contributed by atoms with Crippen LogP contribution in [0.3, 0.4) is 0 Å². The average Bonchev–Trinajstić information content (AvgIpc) is 2.89. The number of esters is 1. The van der Waals surface area contributed by atoms with Crippen molar-refractivity contribution >= 4 is 40.1 Å². The van der Waals surface area contributed by atoms with Crippen LogP contribution in [0.25, 0.3) is 11.0 Å². The number of furan rings is 1. The zero-order chi connectivity index (χ0) is 17.3. The zero-order valence-electron chi connectivity index (χ0n) is 13.4. The van der Waals surface area contributed by atoms with Crippen molar-refractivity contribution in [3.63, 3.8) is 0 Å². The third-order valence-electron chi connectivity index (χ3n) is 4.01. The normalized spacial score (nSPS) is 11.0. The first-order chi connectivity index (χ1) is 11.4. The summed E-state index contributed by atoms with van der Waals surface area (Å²) < 4.78 is 10.9. The predicted molar refractivity (Wildman–Crippen MR) is 95.7 cm³/mol. The quantitative estimate of drug-likeness (QED) is 0.563. The van der Waals surface area contributed by atoms with Gasteiger partial charge >= 0.3 is 5.97 Å². The molecule has 3 rings (SSSR count). The van der Waals surface area contributed by atoms with E-state index < -0.39 is 0 Å². The summed E-state index contributed by atoms with van der Waals surface area (Å²) >= 11 is 11.9. The molecule has 5 heteroatoms. The Balaban J connectivity index is 1.70. The molecule has 0 unspecified atom stereocenters. The lowest BCUT2D eigenvalue weighted by molar-refractivity contribution is -0.144. The van der Waals surface area contributed by atoms with Crippen molar-refractivity contribution in [1.82, 2.24) is 0 Å². The van der Waals surface area contributed by atoms with Crippen LogP contribution in [0.5, 0.6) is 0 Å². The van der Waals surface area contributed by atoms with Crippen LogP contribution in [0.15, 0.2) is 41.0 Å². The smallest absolute Gasteiger partial charge is 0.310 e. The largest absolute Gasteiger partial charge is 0.464 e. The molecule has 124 valence electrons. The Hall–Kier alpha value is -1.97. The Morgan fingerprint density at radius 1 is 1.08 bits per heavy atom. The van der Waals surface area contributed by atoms with Gasteiger partial charge in [-0.15, -0.1) is 0 Å². The second kappa shape index (κ2) is 6.88. The highest BCUT2D eigenvalue weighted by molar-refractivity contribution is 6.35. The van der Waals surface area contributed by atoms with Crippen LogP contribution in [-0.2, 0) is 22.6 Å². The lowest BCUT2D eigenvalue weighted by Crippen LogP contribution is -2.08. The molecular weight excluding hydrogens is 347 g/mol. The van der Waals surface area contributed by atoms with Gasteiger partial charge in [-0.25, -0.2) is 0 Å². The molecule has 3 aromatic rings. The number of rotatable bonds is 4. The van der Waals surface area contributed by atoms with E-state index in [1.165, 1.54) is 0 Å². The van der Waals surface area contributed by atoms with Gasteiger partial charge in [0.15, 0.2) is 0 Å². The third-order valence-corrected chi connectivity index (χ3v) is 4.60. The Labute approximate surface area is 150 Å². The van der Waals surface area contributed by atoms with E-state index in [9.17, 15) is 4.79 Å². The second-order valence-corrected chi connectivity index (χ2v) is 6.61. The van der Waals surface area contributed by atoms with Crippen LogP contribution < -0.4 is 0 Å². The molecule has 0 aliphatic heterocycles. The Morgan fingerprint density at radius 2 is 1.83 bits per heavy atom. The van der Waals surface area contributed by atoms with Gasteiger partial charge < -0.3 is 9.15 Å². The lowest BCUT2D eigenvalue weighted by atomic mass is 10.0. The number of aryl methyl sites for hydroxylation is 2. The molecule has 0 atom stereocenters. The van der Waals surface area contributed by atoms with Crippen LogP contribution in [-0.4, -0.2) is 5.97 Å². The SMILES string of the molecule is Cc1cc2occ(CC(=O)OCc3ccc(Cl)cc3Cl)c2cc1C. The van der Waals surface area contributed by atoms with Crippen molar-refractivity contribution < 1.29 is 13.9 Å². The first-order valence-electron chi connectivity index (χ1n) is 7.51. The van der Waals surface area contributed by atoms with Gasteiger partial charge in [0.05, 0.1) is 12.7 Å². The summed E-state index contributed by atoms with van der Waals surface area (Å²) in [6, 6.07) is 9.10. The van der Waals surface area contributed by atoms with E-state index in [0.717, 1.165) is 33.2 Å². The molecular formula is C19H16Cl2O3. The number of carbonyl (C=O) groups is 1. The van der Waals surface area contributed by atoms with E-state index in [0.29, 0.717) is 10.0 Å². The summed E-state index contributed by atoms with van der Waals surface area (Å²) in [5.41, 5.74) is 4.63. The van der Waals surface area contributed by atoms with Crippen LogP contribution >= 0.6 is 23.2 Å². The standard InChI is InChI=1S/C19H16Cl2O3/c1-11-5-16-14(10-23-18(16)6-12(11)2)7-19(22)24-9-13-3-4-15(20)8-17(13)21/h3-6,8,10H,7,9H2,1-2H3. The topological polar surface area (TPSA) is 39.4 Å². The number of carbonyl (C=O) groups excluding carboxylic acids is 1. The minimum absolute atomic E-state index is 0.114. The molecule has 0 bridgehead atoms. The van der Waals surface area contributed by atoms with E-state index in [2.05, 4.69) is 0 Å². The Bertz CT molecular complexity index is 912. The van der Waals surface area contributed by atoms with Gasteiger partial charge in [0, 0.05) is 26.6 Å². The van der Waals surface area contributed by atoms with Gasteiger partial charge in [0.1, 0.15) is 12.2 Å². The van der Waals surface area contributed by atoms with Gasteiger partial charge in [-0.2, -0.15) is 0 Å². The molecule has 1 aromatic heterocycles. The van der Waals surface area contributed by atoms with E-state index in [4.69, 9.17) is 32.4 Å².